The molecule has 0 aromatic carbocycles. The van der Waals surface area contributed by atoms with Gasteiger partial charge in [-0.3, -0.25) is 0 Å². The summed E-state index contributed by atoms with van der Waals surface area (Å²) < 4.78 is 7.56. The lowest BCUT2D eigenvalue weighted by Gasteiger charge is -2.26. The van der Waals surface area contributed by atoms with Gasteiger partial charge in [0, 0.05) is 19.4 Å². The quantitative estimate of drug-likeness (QED) is 0.927. The highest BCUT2D eigenvalue weighted by molar-refractivity contribution is 5.29. The fraction of sp³-hybridized carbons (Fsp3) is 0.571. The molecule has 2 heterocycles. The molecule has 1 N–H and O–H groups in total. The summed E-state index contributed by atoms with van der Waals surface area (Å²) in [6, 6.07) is 2.19. The Bertz CT molecular complexity index is 585. The molecule has 0 bridgehead atoms. The minimum Gasteiger partial charge on any atom is -0.460 e. The van der Waals surface area contributed by atoms with Gasteiger partial charge in [-0.1, -0.05) is 13.3 Å². The van der Waals surface area contributed by atoms with Gasteiger partial charge < -0.3 is 10.1 Å². The Morgan fingerprint density at radius 3 is 2.90 bits per heavy atom. The maximum atomic E-state index is 5.96. The van der Waals surface area contributed by atoms with E-state index in [0.29, 0.717) is 23.8 Å². The van der Waals surface area contributed by atoms with E-state index in [2.05, 4.69) is 32.3 Å². The summed E-state index contributed by atoms with van der Waals surface area (Å²) in [6.07, 6.45) is 8.25. The Morgan fingerprint density at radius 2 is 2.19 bits per heavy atom. The summed E-state index contributed by atoms with van der Waals surface area (Å²) >= 11 is 0. The van der Waals surface area contributed by atoms with Crippen LogP contribution in [0.25, 0.3) is 5.95 Å². The summed E-state index contributed by atoms with van der Waals surface area (Å²) in [5.74, 6) is 1.63. The maximum absolute atomic E-state index is 5.96. The average molecular weight is 288 g/mol. The molecule has 2 aromatic rings. The van der Waals surface area contributed by atoms with Gasteiger partial charge in [0.2, 0.25) is 5.95 Å². The predicted molar refractivity (Wildman–Crippen MR) is 78.5 cm³/mol. The number of aromatic nitrogens is 5. The summed E-state index contributed by atoms with van der Waals surface area (Å²) in [5, 5.41) is 7.07. The maximum Gasteiger partial charge on any atom is 0.323 e. The smallest absolute Gasteiger partial charge is 0.323 e. The van der Waals surface area contributed by atoms with Gasteiger partial charge >= 0.3 is 6.01 Å². The first kappa shape index (κ1) is 13.8. The molecule has 2 aromatic heterocycles. The molecular weight excluding hydrogens is 268 g/mol. The van der Waals surface area contributed by atoms with Crippen molar-refractivity contribution in [3.8, 4) is 12.0 Å². The zero-order chi connectivity index (χ0) is 14.7. The minimum absolute atomic E-state index is 0.186. The largest absolute Gasteiger partial charge is 0.460 e. The summed E-state index contributed by atoms with van der Waals surface area (Å²) in [5.41, 5.74) is 0. The van der Waals surface area contributed by atoms with Gasteiger partial charge in [-0.15, -0.1) is 0 Å². The number of rotatable bonds is 4. The Balaban J connectivity index is 1.82. The molecule has 21 heavy (non-hydrogen) atoms. The fourth-order valence-electron chi connectivity index (χ4n) is 2.63. The molecule has 0 spiro atoms. The second kappa shape index (κ2) is 6.07. The van der Waals surface area contributed by atoms with E-state index >= 15 is 0 Å². The minimum atomic E-state index is 0.186. The van der Waals surface area contributed by atoms with E-state index in [1.54, 1.807) is 24.1 Å². The zero-order valence-corrected chi connectivity index (χ0v) is 12.4. The molecule has 0 amide bonds. The van der Waals surface area contributed by atoms with Crippen LogP contribution in [-0.2, 0) is 0 Å². The van der Waals surface area contributed by atoms with Crippen molar-refractivity contribution in [2.45, 2.75) is 38.7 Å². The van der Waals surface area contributed by atoms with E-state index in [1.807, 2.05) is 6.07 Å². The lowest BCUT2D eigenvalue weighted by molar-refractivity contribution is 0.118. The number of nitrogens with one attached hydrogen (secondary N) is 1. The molecule has 112 valence electrons. The van der Waals surface area contributed by atoms with Gasteiger partial charge in [0.25, 0.3) is 5.95 Å². The van der Waals surface area contributed by atoms with Crippen LogP contribution in [0.5, 0.6) is 6.01 Å². The first-order chi connectivity index (χ1) is 10.2. The van der Waals surface area contributed by atoms with Crippen LogP contribution in [0.3, 0.4) is 0 Å². The molecule has 1 fully saturated rings. The highest BCUT2D eigenvalue weighted by Crippen LogP contribution is 2.26. The molecule has 2 atom stereocenters. The van der Waals surface area contributed by atoms with Crippen LogP contribution in [0, 0.1) is 5.92 Å². The third kappa shape index (κ3) is 3.29. The second-order valence-corrected chi connectivity index (χ2v) is 5.45. The summed E-state index contributed by atoms with van der Waals surface area (Å²) in [4.78, 5) is 12.9. The van der Waals surface area contributed by atoms with E-state index < -0.39 is 0 Å². The number of hydrogen-bond donors (Lipinski definition) is 1. The topological polar surface area (TPSA) is 77.8 Å². The van der Waals surface area contributed by atoms with E-state index in [9.17, 15) is 0 Å². The molecule has 2 unspecified atom stereocenters. The molecule has 7 heteroatoms. The summed E-state index contributed by atoms with van der Waals surface area (Å²) in [7, 11) is 1.77. The molecule has 0 radical (unpaired) electrons. The first-order valence-electron chi connectivity index (χ1n) is 7.35. The number of nitrogens with zero attached hydrogens (tertiary/aromatic N) is 5. The molecular formula is C14H20N6O. The average Bonchev–Trinajstić information content (AvgIpc) is 3.01. The van der Waals surface area contributed by atoms with Crippen LogP contribution in [0.15, 0.2) is 18.5 Å². The molecule has 1 saturated carbocycles. The van der Waals surface area contributed by atoms with E-state index in [4.69, 9.17) is 4.74 Å². The van der Waals surface area contributed by atoms with Gasteiger partial charge in [-0.2, -0.15) is 20.1 Å². The van der Waals surface area contributed by atoms with Crippen LogP contribution in [0.4, 0.5) is 5.95 Å². The standard InChI is InChI=1S/C14H20N6O/c1-10-5-3-6-11(9-10)21-14-18-12(15-2)17-13(19-14)20-8-4-7-16-20/h4,7-8,10-11H,3,5-6,9H2,1-2H3,(H,15,17,18,19). The molecule has 7 nitrogen and oxygen atoms in total. The Kier molecular flexibility index (Phi) is 3.98. The van der Waals surface area contributed by atoms with Gasteiger partial charge in [-0.05, 0) is 31.2 Å². The van der Waals surface area contributed by atoms with Crippen molar-refractivity contribution in [1.29, 1.82) is 0 Å². The van der Waals surface area contributed by atoms with Gasteiger partial charge in [0.15, 0.2) is 0 Å². The Hall–Kier alpha value is -2.18. The normalized spacial score (nSPS) is 22.0. The molecule has 0 saturated heterocycles. The predicted octanol–water partition coefficient (Wildman–Crippen LogP) is 2.06. The summed E-state index contributed by atoms with van der Waals surface area (Å²) in [6.45, 7) is 2.26. The molecule has 3 rings (SSSR count). The monoisotopic (exact) mass is 288 g/mol. The molecule has 1 aliphatic carbocycles. The van der Waals surface area contributed by atoms with Crippen molar-refractivity contribution in [3.63, 3.8) is 0 Å². The Labute approximate surface area is 123 Å². The van der Waals surface area contributed by atoms with Crippen molar-refractivity contribution in [3.05, 3.63) is 18.5 Å². The third-order valence-electron chi connectivity index (χ3n) is 3.70. The highest BCUT2D eigenvalue weighted by atomic mass is 16.5. The van der Waals surface area contributed by atoms with Crippen LogP contribution in [-0.4, -0.2) is 37.9 Å². The SMILES string of the molecule is CNc1nc(OC2CCCC(C)C2)nc(-n2cccn2)n1. The van der Waals surface area contributed by atoms with Crippen LogP contribution in [0.2, 0.25) is 0 Å². The van der Waals surface area contributed by atoms with Gasteiger partial charge in [0.1, 0.15) is 6.10 Å². The second-order valence-electron chi connectivity index (χ2n) is 5.45. The van der Waals surface area contributed by atoms with Crippen molar-refractivity contribution < 1.29 is 4.74 Å². The zero-order valence-electron chi connectivity index (χ0n) is 12.4. The molecule has 0 aliphatic heterocycles. The van der Waals surface area contributed by atoms with Crippen molar-refractivity contribution in [2.75, 3.05) is 12.4 Å². The number of hydrogen-bond acceptors (Lipinski definition) is 6. The highest BCUT2D eigenvalue weighted by Gasteiger charge is 2.22. The van der Waals surface area contributed by atoms with Crippen LogP contribution < -0.4 is 10.1 Å². The lowest BCUT2D eigenvalue weighted by atomic mass is 9.89. The lowest BCUT2D eigenvalue weighted by Crippen LogP contribution is -2.25. The number of ether oxygens (including phenoxy) is 1. The van der Waals surface area contributed by atoms with E-state index in [1.165, 1.54) is 12.8 Å². The third-order valence-corrected chi connectivity index (χ3v) is 3.70. The Morgan fingerprint density at radius 1 is 1.29 bits per heavy atom. The van der Waals surface area contributed by atoms with Crippen LogP contribution in [0.1, 0.15) is 32.6 Å². The van der Waals surface area contributed by atoms with Gasteiger partial charge in [-0.25, -0.2) is 4.68 Å². The van der Waals surface area contributed by atoms with Crippen molar-refractivity contribution >= 4 is 5.95 Å². The van der Waals surface area contributed by atoms with Crippen molar-refractivity contribution in [1.82, 2.24) is 24.7 Å². The first-order valence-corrected chi connectivity index (χ1v) is 7.35. The van der Waals surface area contributed by atoms with Crippen LogP contribution >= 0.6 is 0 Å². The van der Waals surface area contributed by atoms with E-state index in [-0.39, 0.29) is 6.10 Å². The number of anilines is 1. The van der Waals surface area contributed by atoms with Crippen molar-refractivity contribution in [2.24, 2.45) is 5.92 Å². The fourth-order valence-corrected chi connectivity index (χ4v) is 2.63. The molecule has 1 aliphatic rings. The van der Waals surface area contributed by atoms with E-state index in [0.717, 1.165) is 12.8 Å². The van der Waals surface area contributed by atoms with Gasteiger partial charge in [0.05, 0.1) is 0 Å².